The first-order valence-electron chi connectivity index (χ1n) is 11.2. The lowest BCUT2D eigenvalue weighted by Crippen LogP contribution is -2.48. The van der Waals surface area contributed by atoms with Gasteiger partial charge in [0, 0.05) is 17.9 Å². The molecule has 0 aromatic heterocycles. The van der Waals surface area contributed by atoms with Crippen molar-refractivity contribution in [3.05, 3.63) is 35.4 Å². The van der Waals surface area contributed by atoms with Crippen molar-refractivity contribution >= 4 is 0 Å². The standard InChI is InChI=1S/C24H35N/c1-2-8-16-24(15-7-1,18-10-3-4-11-18)22-20-13-6-5-12-19(20)21-14-9-17-25-23(21)22/h5-6,12-13,18,21-23,25H,1-4,7-11,14-17H2. The highest BCUT2D eigenvalue weighted by Crippen LogP contribution is 2.62. The molecule has 2 saturated carbocycles. The minimum atomic E-state index is 0.590. The molecular weight excluding hydrogens is 302 g/mol. The van der Waals surface area contributed by atoms with Crippen LogP contribution in [-0.2, 0) is 0 Å². The van der Waals surface area contributed by atoms with Crippen LogP contribution in [0.5, 0.6) is 0 Å². The lowest BCUT2D eigenvalue weighted by Gasteiger charge is -2.48. The Morgan fingerprint density at radius 1 is 0.760 bits per heavy atom. The van der Waals surface area contributed by atoms with Gasteiger partial charge in [-0.2, -0.15) is 0 Å². The highest BCUT2D eigenvalue weighted by atomic mass is 15.0. The number of fused-ring (bicyclic) bond motifs is 3. The van der Waals surface area contributed by atoms with Gasteiger partial charge < -0.3 is 5.32 Å². The highest BCUT2D eigenvalue weighted by molar-refractivity contribution is 5.44. The molecule has 1 nitrogen and oxygen atoms in total. The molecule has 3 aliphatic carbocycles. The normalized spacial score (nSPS) is 35.1. The van der Waals surface area contributed by atoms with E-state index in [-0.39, 0.29) is 0 Å². The topological polar surface area (TPSA) is 12.0 Å². The summed E-state index contributed by atoms with van der Waals surface area (Å²) < 4.78 is 0. The zero-order chi connectivity index (χ0) is 16.7. The summed E-state index contributed by atoms with van der Waals surface area (Å²) in [5.74, 6) is 2.57. The Bertz CT molecular complexity index is 592. The van der Waals surface area contributed by atoms with Gasteiger partial charge >= 0.3 is 0 Å². The van der Waals surface area contributed by atoms with Crippen LogP contribution >= 0.6 is 0 Å². The Morgan fingerprint density at radius 3 is 2.24 bits per heavy atom. The number of benzene rings is 1. The minimum Gasteiger partial charge on any atom is -0.313 e. The minimum absolute atomic E-state index is 0.590. The van der Waals surface area contributed by atoms with E-state index in [0.29, 0.717) is 5.41 Å². The molecule has 1 heterocycles. The second-order valence-electron chi connectivity index (χ2n) is 9.46. The molecule has 0 spiro atoms. The van der Waals surface area contributed by atoms with E-state index in [2.05, 4.69) is 29.6 Å². The lowest BCUT2D eigenvalue weighted by atomic mass is 9.58. The van der Waals surface area contributed by atoms with Gasteiger partial charge in [0.15, 0.2) is 0 Å². The van der Waals surface area contributed by atoms with Crippen molar-refractivity contribution in [2.45, 2.75) is 94.9 Å². The largest absolute Gasteiger partial charge is 0.313 e. The van der Waals surface area contributed by atoms with Gasteiger partial charge in [-0.25, -0.2) is 0 Å². The second-order valence-corrected chi connectivity index (χ2v) is 9.46. The van der Waals surface area contributed by atoms with Crippen LogP contribution in [0.2, 0.25) is 0 Å². The van der Waals surface area contributed by atoms with Crippen LogP contribution in [0.25, 0.3) is 0 Å². The van der Waals surface area contributed by atoms with Gasteiger partial charge in [0.2, 0.25) is 0 Å². The van der Waals surface area contributed by atoms with Crippen molar-refractivity contribution < 1.29 is 0 Å². The van der Waals surface area contributed by atoms with Crippen LogP contribution in [0.3, 0.4) is 0 Å². The fourth-order valence-corrected chi connectivity index (χ4v) is 7.46. The van der Waals surface area contributed by atoms with Gasteiger partial charge in [0.05, 0.1) is 0 Å². The van der Waals surface area contributed by atoms with E-state index in [1.165, 1.54) is 83.6 Å². The third-order valence-electron chi connectivity index (χ3n) is 8.42. The monoisotopic (exact) mass is 337 g/mol. The van der Waals surface area contributed by atoms with Gasteiger partial charge in [-0.1, -0.05) is 62.8 Å². The summed E-state index contributed by atoms with van der Waals surface area (Å²) in [6, 6.07) is 10.3. The van der Waals surface area contributed by atoms with Crippen molar-refractivity contribution in [2.75, 3.05) is 6.54 Å². The van der Waals surface area contributed by atoms with Crippen molar-refractivity contribution in [1.82, 2.24) is 5.32 Å². The molecule has 1 aromatic carbocycles. The predicted octanol–water partition coefficient (Wildman–Crippen LogP) is 6.15. The summed E-state index contributed by atoms with van der Waals surface area (Å²) in [6.45, 7) is 1.24. The fraction of sp³-hybridized carbons (Fsp3) is 0.750. The molecule has 0 radical (unpaired) electrons. The number of rotatable bonds is 2. The Morgan fingerprint density at radius 2 is 1.48 bits per heavy atom. The van der Waals surface area contributed by atoms with Crippen LogP contribution < -0.4 is 5.32 Å². The van der Waals surface area contributed by atoms with E-state index in [9.17, 15) is 0 Å². The molecule has 136 valence electrons. The highest BCUT2D eigenvalue weighted by Gasteiger charge is 2.54. The molecule has 1 saturated heterocycles. The quantitative estimate of drug-likeness (QED) is 0.638. The first-order valence-corrected chi connectivity index (χ1v) is 11.2. The Labute approximate surface area is 154 Å². The predicted molar refractivity (Wildman–Crippen MR) is 105 cm³/mol. The van der Waals surface area contributed by atoms with E-state index < -0.39 is 0 Å². The summed E-state index contributed by atoms with van der Waals surface area (Å²) in [5.41, 5.74) is 4.05. The summed E-state index contributed by atoms with van der Waals surface area (Å²) in [5, 5.41) is 4.04. The van der Waals surface area contributed by atoms with Gasteiger partial charge in [0.1, 0.15) is 0 Å². The van der Waals surface area contributed by atoms with Crippen LogP contribution in [0.4, 0.5) is 0 Å². The van der Waals surface area contributed by atoms with E-state index >= 15 is 0 Å². The molecule has 5 rings (SSSR count). The summed E-state index contributed by atoms with van der Waals surface area (Å²) >= 11 is 0. The maximum Gasteiger partial charge on any atom is 0.0210 e. The van der Waals surface area contributed by atoms with Gasteiger partial charge in [0.25, 0.3) is 0 Å². The lowest BCUT2D eigenvalue weighted by molar-refractivity contribution is 0.0688. The third kappa shape index (κ3) is 2.60. The second kappa shape index (κ2) is 6.72. The molecule has 3 fully saturated rings. The molecule has 0 amide bonds. The average Bonchev–Trinajstić information content (AvgIpc) is 3.24. The summed E-state index contributed by atoms with van der Waals surface area (Å²) in [7, 11) is 0. The first kappa shape index (κ1) is 16.4. The van der Waals surface area contributed by atoms with Crippen LogP contribution in [0.1, 0.15) is 100 Å². The SMILES string of the molecule is c1ccc2c(c1)C1CCCNC1C2C1(C2CCCC2)CCCCCC1. The van der Waals surface area contributed by atoms with E-state index in [1.807, 2.05) is 0 Å². The van der Waals surface area contributed by atoms with Crippen molar-refractivity contribution in [3.8, 4) is 0 Å². The van der Waals surface area contributed by atoms with Crippen LogP contribution in [-0.4, -0.2) is 12.6 Å². The van der Waals surface area contributed by atoms with E-state index in [1.54, 1.807) is 11.1 Å². The van der Waals surface area contributed by atoms with E-state index in [0.717, 1.165) is 23.8 Å². The molecule has 0 bridgehead atoms. The maximum absolute atomic E-state index is 4.04. The van der Waals surface area contributed by atoms with Crippen molar-refractivity contribution in [3.63, 3.8) is 0 Å². The molecule has 1 heteroatoms. The smallest absolute Gasteiger partial charge is 0.0210 e. The molecule has 1 aromatic rings. The van der Waals surface area contributed by atoms with Gasteiger partial charge in [-0.05, 0) is 67.5 Å². The maximum atomic E-state index is 4.04. The van der Waals surface area contributed by atoms with Gasteiger partial charge in [-0.15, -0.1) is 0 Å². The van der Waals surface area contributed by atoms with Crippen molar-refractivity contribution in [2.24, 2.45) is 11.3 Å². The Kier molecular flexibility index (Phi) is 4.40. The number of nitrogens with one attached hydrogen (secondary N) is 1. The summed E-state index contributed by atoms with van der Waals surface area (Å²) in [6.07, 6.45) is 17.7. The molecule has 3 atom stereocenters. The van der Waals surface area contributed by atoms with Crippen LogP contribution in [0, 0.1) is 11.3 Å². The number of hydrogen-bond donors (Lipinski definition) is 1. The first-order chi connectivity index (χ1) is 12.4. The number of hydrogen-bond acceptors (Lipinski definition) is 1. The number of piperidine rings is 1. The molecule has 1 aliphatic heterocycles. The van der Waals surface area contributed by atoms with Crippen molar-refractivity contribution in [1.29, 1.82) is 0 Å². The fourth-order valence-electron chi connectivity index (χ4n) is 7.46. The zero-order valence-electron chi connectivity index (χ0n) is 15.8. The average molecular weight is 338 g/mol. The Hall–Kier alpha value is -0.820. The zero-order valence-corrected chi connectivity index (χ0v) is 15.8. The molecule has 1 N–H and O–H groups in total. The molecular formula is C24H35N. The molecule has 25 heavy (non-hydrogen) atoms. The third-order valence-corrected chi connectivity index (χ3v) is 8.42. The van der Waals surface area contributed by atoms with E-state index in [4.69, 9.17) is 0 Å². The van der Waals surface area contributed by atoms with Crippen LogP contribution in [0.15, 0.2) is 24.3 Å². The summed E-state index contributed by atoms with van der Waals surface area (Å²) in [4.78, 5) is 0. The molecule has 3 unspecified atom stereocenters. The Balaban J connectivity index is 1.61. The van der Waals surface area contributed by atoms with Gasteiger partial charge in [-0.3, -0.25) is 0 Å². The molecule has 4 aliphatic rings.